The van der Waals surface area contributed by atoms with Crippen molar-refractivity contribution in [2.75, 3.05) is 19.7 Å². The maximum atomic E-state index is 12.7. The van der Waals surface area contributed by atoms with Gasteiger partial charge in [0.1, 0.15) is 6.61 Å². The molecule has 5 heteroatoms. The van der Waals surface area contributed by atoms with Gasteiger partial charge in [-0.05, 0) is 48.1 Å². The average Bonchev–Trinajstić information content (AvgIpc) is 2.92. The zero-order chi connectivity index (χ0) is 19.7. The van der Waals surface area contributed by atoms with Crippen LogP contribution in [0.3, 0.4) is 0 Å². The van der Waals surface area contributed by atoms with Crippen LogP contribution in [0, 0.1) is 11.3 Å². The molecule has 4 aliphatic rings. The van der Waals surface area contributed by atoms with Gasteiger partial charge in [-0.25, -0.2) is 4.79 Å². The summed E-state index contributed by atoms with van der Waals surface area (Å²) in [6.07, 6.45) is 3.50. The van der Waals surface area contributed by atoms with Crippen molar-refractivity contribution in [3.63, 3.8) is 0 Å². The Hall–Kier alpha value is -2.04. The number of benzene rings is 1. The van der Waals surface area contributed by atoms with E-state index >= 15 is 0 Å². The number of hydrogen-bond acceptors (Lipinski definition) is 3. The molecule has 1 aromatic carbocycles. The molecule has 0 unspecified atom stereocenters. The molecule has 2 spiro atoms. The van der Waals surface area contributed by atoms with Crippen molar-refractivity contribution in [3.8, 4) is 0 Å². The maximum absolute atomic E-state index is 12.7. The molecule has 5 rings (SSSR count). The molecule has 2 heterocycles. The molecule has 2 aliphatic carbocycles. The Balaban J connectivity index is 1.13. The number of rotatable bonds is 2. The van der Waals surface area contributed by atoms with E-state index in [1.54, 1.807) is 0 Å². The fourth-order valence-corrected chi connectivity index (χ4v) is 5.69. The average molecular weight is 383 g/mol. The molecule has 5 nitrogen and oxygen atoms in total. The number of carbonyl (C=O) groups is 2. The summed E-state index contributed by atoms with van der Waals surface area (Å²) < 4.78 is 5.01. The van der Waals surface area contributed by atoms with E-state index in [1.165, 1.54) is 24.0 Å². The van der Waals surface area contributed by atoms with Gasteiger partial charge in [-0.15, -0.1) is 0 Å². The van der Waals surface area contributed by atoms with Gasteiger partial charge in [0.15, 0.2) is 0 Å². The summed E-state index contributed by atoms with van der Waals surface area (Å²) in [7, 11) is 0. The van der Waals surface area contributed by atoms with Crippen molar-refractivity contribution in [1.82, 2.24) is 10.2 Å². The molecule has 2 saturated carbocycles. The van der Waals surface area contributed by atoms with E-state index in [2.05, 4.69) is 50.4 Å². The van der Waals surface area contributed by atoms with Crippen LogP contribution in [0.25, 0.3) is 0 Å². The first kappa shape index (κ1) is 18.0. The van der Waals surface area contributed by atoms with Crippen LogP contribution in [0.5, 0.6) is 0 Å². The highest BCUT2D eigenvalue weighted by atomic mass is 16.6. The normalized spacial score (nSPS) is 27.6. The SMILES string of the molecule is CC(C)(C)c1cccc(C2CC3(C2)CN(C(=O)[C@H]2C[C@]4(COC(=O)N4)C2)C3)c1. The van der Waals surface area contributed by atoms with Crippen molar-refractivity contribution in [1.29, 1.82) is 0 Å². The summed E-state index contributed by atoms with van der Waals surface area (Å²) in [5.41, 5.74) is 3.13. The van der Waals surface area contributed by atoms with Crippen LogP contribution in [0.4, 0.5) is 4.79 Å². The Bertz CT molecular complexity index is 820. The van der Waals surface area contributed by atoms with Gasteiger partial charge in [0.25, 0.3) is 0 Å². The van der Waals surface area contributed by atoms with E-state index in [9.17, 15) is 9.59 Å². The lowest BCUT2D eigenvalue weighted by atomic mass is 9.55. The number of nitrogens with zero attached hydrogens (tertiary/aromatic N) is 1. The zero-order valence-electron chi connectivity index (χ0n) is 17.1. The Kier molecular flexibility index (Phi) is 3.69. The lowest BCUT2D eigenvalue weighted by Gasteiger charge is -2.60. The Morgan fingerprint density at radius 3 is 2.50 bits per heavy atom. The van der Waals surface area contributed by atoms with Gasteiger partial charge < -0.3 is 15.0 Å². The third-order valence-electron chi connectivity index (χ3n) is 7.42. The first-order valence-electron chi connectivity index (χ1n) is 10.5. The summed E-state index contributed by atoms with van der Waals surface area (Å²) in [6, 6.07) is 9.06. The highest BCUT2D eigenvalue weighted by Crippen LogP contribution is 2.57. The van der Waals surface area contributed by atoms with Crippen molar-refractivity contribution < 1.29 is 14.3 Å². The Morgan fingerprint density at radius 2 is 1.89 bits per heavy atom. The third kappa shape index (κ3) is 2.82. The van der Waals surface area contributed by atoms with Crippen molar-refractivity contribution in [2.24, 2.45) is 11.3 Å². The predicted octanol–water partition coefficient (Wildman–Crippen LogP) is 3.58. The molecule has 4 fully saturated rings. The van der Waals surface area contributed by atoms with Crippen LogP contribution in [0.15, 0.2) is 24.3 Å². The molecular formula is C23H30N2O3. The van der Waals surface area contributed by atoms with Gasteiger partial charge in [-0.1, -0.05) is 45.0 Å². The quantitative estimate of drug-likeness (QED) is 0.851. The fraction of sp³-hybridized carbons (Fsp3) is 0.652. The number of nitrogens with one attached hydrogen (secondary N) is 1. The second kappa shape index (κ2) is 5.74. The molecule has 28 heavy (non-hydrogen) atoms. The monoisotopic (exact) mass is 382 g/mol. The second-order valence-corrected chi connectivity index (χ2v) is 10.8. The maximum Gasteiger partial charge on any atom is 0.407 e. The molecule has 150 valence electrons. The van der Waals surface area contributed by atoms with Crippen molar-refractivity contribution >= 4 is 12.0 Å². The van der Waals surface area contributed by atoms with Gasteiger partial charge in [0.2, 0.25) is 5.91 Å². The van der Waals surface area contributed by atoms with Gasteiger partial charge >= 0.3 is 6.09 Å². The second-order valence-electron chi connectivity index (χ2n) is 10.8. The molecule has 0 radical (unpaired) electrons. The summed E-state index contributed by atoms with van der Waals surface area (Å²) >= 11 is 0. The molecule has 0 atom stereocenters. The zero-order valence-corrected chi connectivity index (χ0v) is 17.1. The lowest BCUT2D eigenvalue weighted by molar-refractivity contribution is -0.161. The molecule has 0 bridgehead atoms. The predicted molar refractivity (Wildman–Crippen MR) is 106 cm³/mol. The number of alkyl carbamates (subject to hydrolysis) is 1. The van der Waals surface area contributed by atoms with Crippen LogP contribution in [-0.4, -0.2) is 42.1 Å². The van der Waals surface area contributed by atoms with E-state index in [0.29, 0.717) is 17.9 Å². The summed E-state index contributed by atoms with van der Waals surface area (Å²) in [5.74, 6) is 0.964. The highest BCUT2D eigenvalue weighted by Gasteiger charge is 2.58. The van der Waals surface area contributed by atoms with Gasteiger partial charge in [-0.2, -0.15) is 0 Å². The molecule has 2 aliphatic heterocycles. The largest absolute Gasteiger partial charge is 0.447 e. The van der Waals surface area contributed by atoms with Gasteiger partial charge in [-0.3, -0.25) is 4.79 Å². The van der Waals surface area contributed by atoms with Gasteiger partial charge in [0.05, 0.1) is 5.54 Å². The Morgan fingerprint density at radius 1 is 1.18 bits per heavy atom. The van der Waals surface area contributed by atoms with E-state index in [4.69, 9.17) is 4.74 Å². The minimum absolute atomic E-state index is 0.0543. The Labute approximate surface area is 166 Å². The van der Waals surface area contributed by atoms with E-state index < -0.39 is 0 Å². The van der Waals surface area contributed by atoms with E-state index in [0.717, 1.165) is 25.9 Å². The van der Waals surface area contributed by atoms with Crippen molar-refractivity contribution in [2.45, 2.75) is 63.3 Å². The summed E-state index contributed by atoms with van der Waals surface area (Å²) in [4.78, 5) is 26.0. The minimum Gasteiger partial charge on any atom is -0.447 e. The number of cyclic esters (lactones) is 1. The summed E-state index contributed by atoms with van der Waals surface area (Å²) in [5, 5.41) is 2.87. The van der Waals surface area contributed by atoms with Gasteiger partial charge in [0, 0.05) is 24.4 Å². The number of carbonyl (C=O) groups excluding carboxylic acids is 2. The first-order valence-corrected chi connectivity index (χ1v) is 10.5. The smallest absolute Gasteiger partial charge is 0.407 e. The molecule has 2 saturated heterocycles. The van der Waals surface area contributed by atoms with E-state index in [-0.39, 0.29) is 28.9 Å². The molecular weight excluding hydrogens is 352 g/mol. The number of likely N-dealkylation sites (tertiary alicyclic amines) is 1. The molecule has 1 N–H and O–H groups in total. The number of hydrogen-bond donors (Lipinski definition) is 1. The van der Waals surface area contributed by atoms with E-state index in [1.807, 2.05) is 4.90 Å². The third-order valence-corrected chi connectivity index (χ3v) is 7.42. The van der Waals surface area contributed by atoms with Crippen LogP contribution < -0.4 is 5.32 Å². The van der Waals surface area contributed by atoms with Crippen LogP contribution in [-0.2, 0) is 14.9 Å². The fourth-order valence-electron chi connectivity index (χ4n) is 5.69. The van der Waals surface area contributed by atoms with Crippen molar-refractivity contribution in [3.05, 3.63) is 35.4 Å². The van der Waals surface area contributed by atoms with Crippen LogP contribution in [0.2, 0.25) is 0 Å². The number of amides is 2. The minimum atomic E-state index is -0.343. The number of ether oxygens (including phenoxy) is 1. The highest BCUT2D eigenvalue weighted by molar-refractivity contribution is 5.82. The topological polar surface area (TPSA) is 58.6 Å². The summed E-state index contributed by atoms with van der Waals surface area (Å²) in [6.45, 7) is 9.02. The van der Waals surface area contributed by atoms with Crippen LogP contribution >= 0.6 is 0 Å². The molecule has 2 amide bonds. The molecule has 0 aromatic heterocycles. The van der Waals surface area contributed by atoms with Crippen LogP contribution in [0.1, 0.15) is 63.5 Å². The standard InChI is InChI=1S/C23H30N2O3/c1-21(2,3)18-6-4-5-15(7-18)16-8-22(9-16)12-25(13-22)19(26)17-10-23(11-17)14-28-20(27)24-23/h4-7,16-17H,8-14H2,1-3H3,(H,24,27)/t17-,23+. The first-order chi connectivity index (χ1) is 13.2. The lowest BCUT2D eigenvalue weighted by Crippen LogP contribution is -2.66. The molecule has 1 aromatic rings.